The van der Waals surface area contributed by atoms with E-state index in [-0.39, 0.29) is 5.91 Å². The number of amides is 1. The Kier molecular flexibility index (Phi) is 5.34. The molecule has 0 saturated heterocycles. The fourth-order valence-corrected chi connectivity index (χ4v) is 1.91. The monoisotopic (exact) mass is 288 g/mol. The Balaban J connectivity index is 1.86. The molecule has 3 N–H and O–H groups in total. The van der Waals surface area contributed by atoms with Crippen molar-refractivity contribution in [2.45, 2.75) is 6.42 Å². The Morgan fingerprint density at radius 2 is 2.29 bits per heavy atom. The maximum absolute atomic E-state index is 11.2. The summed E-state index contributed by atoms with van der Waals surface area (Å²) in [5.74, 6) is 0.717. The first-order chi connectivity index (χ1) is 10.2. The topological polar surface area (TPSA) is 82.2 Å². The van der Waals surface area contributed by atoms with Crippen LogP contribution in [0.2, 0.25) is 0 Å². The summed E-state index contributed by atoms with van der Waals surface area (Å²) in [5.41, 5.74) is 7.39. The van der Waals surface area contributed by atoms with E-state index < -0.39 is 0 Å². The highest BCUT2D eigenvalue weighted by Gasteiger charge is 2.03. The number of nitrogens with two attached hydrogens (primary N) is 1. The van der Waals surface area contributed by atoms with Crippen molar-refractivity contribution in [3.63, 3.8) is 0 Å². The molecule has 0 aliphatic carbocycles. The van der Waals surface area contributed by atoms with Gasteiger partial charge in [-0.1, -0.05) is 12.1 Å². The number of hydrogen-bond donors (Lipinski definition) is 2. The molecule has 0 bridgehead atoms. The molecular weight excluding hydrogens is 268 g/mol. The number of ether oxygens (including phenoxy) is 1. The molecule has 0 saturated carbocycles. The van der Waals surface area contributed by atoms with Gasteiger partial charge in [0.2, 0.25) is 5.91 Å². The molecule has 112 valence electrons. The van der Waals surface area contributed by atoms with E-state index in [1.165, 1.54) is 0 Å². The van der Waals surface area contributed by atoms with Gasteiger partial charge in [-0.25, -0.2) is 0 Å². The van der Waals surface area contributed by atoms with Crippen LogP contribution >= 0.6 is 0 Å². The van der Waals surface area contributed by atoms with Gasteiger partial charge in [-0.2, -0.15) is 5.10 Å². The average Bonchev–Trinajstić information content (AvgIpc) is 2.91. The molecule has 0 atom stereocenters. The summed E-state index contributed by atoms with van der Waals surface area (Å²) in [5, 5.41) is 6.90. The predicted molar refractivity (Wildman–Crippen MR) is 80.8 cm³/mol. The molecule has 2 aromatic rings. The number of benzene rings is 1. The number of nitrogens with one attached hydrogen (secondary N) is 1. The maximum Gasteiger partial charge on any atom is 0.221 e. The summed E-state index contributed by atoms with van der Waals surface area (Å²) in [6.07, 6.45) is 4.11. The second-order valence-corrected chi connectivity index (χ2v) is 4.67. The first-order valence-corrected chi connectivity index (χ1v) is 6.87. The van der Waals surface area contributed by atoms with Gasteiger partial charge < -0.3 is 15.8 Å². The number of aryl methyl sites for hydroxylation is 1. The zero-order chi connectivity index (χ0) is 15.1. The number of aromatic nitrogens is 2. The van der Waals surface area contributed by atoms with Crippen molar-refractivity contribution in [1.82, 2.24) is 15.1 Å². The molecule has 1 aromatic carbocycles. The van der Waals surface area contributed by atoms with Gasteiger partial charge in [0.25, 0.3) is 0 Å². The van der Waals surface area contributed by atoms with Crippen molar-refractivity contribution in [2.75, 3.05) is 19.7 Å². The Labute approximate surface area is 123 Å². The first-order valence-electron chi connectivity index (χ1n) is 6.87. The van der Waals surface area contributed by atoms with Gasteiger partial charge in [-0.3, -0.25) is 9.48 Å². The van der Waals surface area contributed by atoms with Gasteiger partial charge in [0, 0.05) is 31.8 Å². The Morgan fingerprint density at radius 3 is 3.00 bits per heavy atom. The molecule has 6 heteroatoms. The minimum Gasteiger partial charge on any atom is -0.492 e. The van der Waals surface area contributed by atoms with Crippen molar-refractivity contribution in [3.8, 4) is 16.9 Å². The second kappa shape index (κ2) is 7.44. The predicted octanol–water partition coefficient (Wildman–Crippen LogP) is 0.931. The SMILES string of the molecule is Cn1cc(-c2cccc(OCCNC(=O)CCN)c2)cn1. The first kappa shape index (κ1) is 15.1. The van der Waals surface area contributed by atoms with Crippen molar-refractivity contribution in [1.29, 1.82) is 0 Å². The summed E-state index contributed by atoms with van der Waals surface area (Å²) in [6.45, 7) is 1.25. The standard InChI is InChI=1S/C15H20N4O2/c1-19-11-13(10-18-19)12-3-2-4-14(9-12)21-8-7-17-15(20)5-6-16/h2-4,9-11H,5-8,16H2,1H3,(H,17,20). The van der Waals surface area contributed by atoms with E-state index in [1.54, 1.807) is 4.68 Å². The highest BCUT2D eigenvalue weighted by Crippen LogP contribution is 2.23. The molecule has 0 spiro atoms. The minimum atomic E-state index is -0.0507. The molecular formula is C15H20N4O2. The van der Waals surface area contributed by atoms with Crippen molar-refractivity contribution in [3.05, 3.63) is 36.7 Å². The van der Waals surface area contributed by atoms with E-state index in [2.05, 4.69) is 10.4 Å². The zero-order valence-electron chi connectivity index (χ0n) is 12.1. The number of nitrogens with zero attached hydrogens (tertiary/aromatic N) is 2. The smallest absolute Gasteiger partial charge is 0.221 e. The molecule has 21 heavy (non-hydrogen) atoms. The van der Waals surface area contributed by atoms with Crippen LogP contribution in [0.25, 0.3) is 11.1 Å². The fourth-order valence-electron chi connectivity index (χ4n) is 1.91. The van der Waals surface area contributed by atoms with Gasteiger partial charge in [0.15, 0.2) is 0 Å². The van der Waals surface area contributed by atoms with Crippen molar-refractivity contribution >= 4 is 5.91 Å². The normalized spacial score (nSPS) is 10.4. The van der Waals surface area contributed by atoms with Crippen LogP contribution in [0, 0.1) is 0 Å². The molecule has 1 aromatic heterocycles. The van der Waals surface area contributed by atoms with Crippen LogP contribution in [0.4, 0.5) is 0 Å². The lowest BCUT2D eigenvalue weighted by molar-refractivity contribution is -0.120. The molecule has 6 nitrogen and oxygen atoms in total. The van der Waals surface area contributed by atoms with Crippen LogP contribution in [-0.4, -0.2) is 35.4 Å². The van der Waals surface area contributed by atoms with Crippen LogP contribution in [0.1, 0.15) is 6.42 Å². The van der Waals surface area contributed by atoms with E-state index in [9.17, 15) is 4.79 Å². The minimum absolute atomic E-state index is 0.0507. The van der Waals surface area contributed by atoms with Crippen LogP contribution in [0.5, 0.6) is 5.75 Å². The lowest BCUT2D eigenvalue weighted by Gasteiger charge is -2.08. The number of hydrogen-bond acceptors (Lipinski definition) is 4. The third kappa shape index (κ3) is 4.61. The van der Waals surface area contributed by atoms with Gasteiger partial charge in [0.05, 0.1) is 12.7 Å². The summed E-state index contributed by atoms with van der Waals surface area (Å²) in [4.78, 5) is 11.2. The third-order valence-electron chi connectivity index (χ3n) is 2.94. The summed E-state index contributed by atoms with van der Waals surface area (Å²) in [7, 11) is 1.88. The maximum atomic E-state index is 11.2. The van der Waals surface area contributed by atoms with Crippen LogP contribution < -0.4 is 15.8 Å². The van der Waals surface area contributed by atoms with Crippen LogP contribution in [-0.2, 0) is 11.8 Å². The number of rotatable bonds is 7. The van der Waals surface area contributed by atoms with Crippen molar-refractivity contribution in [2.24, 2.45) is 12.8 Å². The van der Waals surface area contributed by atoms with E-state index in [4.69, 9.17) is 10.5 Å². The highest BCUT2D eigenvalue weighted by atomic mass is 16.5. The third-order valence-corrected chi connectivity index (χ3v) is 2.94. The van der Waals surface area contributed by atoms with E-state index in [0.717, 1.165) is 16.9 Å². The molecule has 0 aliphatic rings. The molecule has 0 radical (unpaired) electrons. The van der Waals surface area contributed by atoms with Gasteiger partial charge in [-0.15, -0.1) is 0 Å². The second-order valence-electron chi connectivity index (χ2n) is 4.67. The lowest BCUT2D eigenvalue weighted by atomic mass is 10.1. The number of carbonyl (C=O) groups is 1. The van der Waals surface area contributed by atoms with E-state index in [0.29, 0.717) is 26.1 Å². The van der Waals surface area contributed by atoms with E-state index in [1.807, 2.05) is 43.7 Å². The summed E-state index contributed by atoms with van der Waals surface area (Å²) >= 11 is 0. The highest BCUT2D eigenvalue weighted by molar-refractivity contribution is 5.75. The quantitative estimate of drug-likeness (QED) is 0.743. The van der Waals surface area contributed by atoms with Crippen LogP contribution in [0.15, 0.2) is 36.7 Å². The van der Waals surface area contributed by atoms with Gasteiger partial charge in [0.1, 0.15) is 12.4 Å². The molecule has 1 heterocycles. The number of carbonyl (C=O) groups excluding carboxylic acids is 1. The van der Waals surface area contributed by atoms with E-state index >= 15 is 0 Å². The van der Waals surface area contributed by atoms with Gasteiger partial charge in [-0.05, 0) is 17.7 Å². The van der Waals surface area contributed by atoms with Gasteiger partial charge >= 0.3 is 0 Å². The Morgan fingerprint density at radius 1 is 1.43 bits per heavy atom. The molecule has 0 aliphatic heterocycles. The largest absolute Gasteiger partial charge is 0.492 e. The fraction of sp³-hybridized carbons (Fsp3) is 0.333. The van der Waals surface area contributed by atoms with Crippen LogP contribution in [0.3, 0.4) is 0 Å². The lowest BCUT2D eigenvalue weighted by Crippen LogP contribution is -2.29. The molecule has 0 unspecified atom stereocenters. The molecule has 1 amide bonds. The molecule has 0 fully saturated rings. The Hall–Kier alpha value is -2.34. The summed E-state index contributed by atoms with van der Waals surface area (Å²) in [6, 6.07) is 7.79. The molecule has 2 rings (SSSR count). The zero-order valence-corrected chi connectivity index (χ0v) is 12.1. The Bertz CT molecular complexity index is 595. The average molecular weight is 288 g/mol. The van der Waals surface area contributed by atoms with Crippen molar-refractivity contribution < 1.29 is 9.53 Å². The summed E-state index contributed by atoms with van der Waals surface area (Å²) < 4.78 is 7.39.